The van der Waals surface area contributed by atoms with Crippen LogP contribution < -0.4 is 5.73 Å². The maximum atomic E-state index is 13.2. The Morgan fingerprint density at radius 3 is 2.47 bits per heavy atom. The maximum Gasteiger partial charge on any atom is 0.267 e. The highest BCUT2D eigenvalue weighted by molar-refractivity contribution is 5.88. The summed E-state index contributed by atoms with van der Waals surface area (Å²) in [6, 6.07) is 6.90. The van der Waals surface area contributed by atoms with Crippen molar-refractivity contribution in [2.24, 2.45) is 0 Å². The van der Waals surface area contributed by atoms with Crippen LogP contribution in [0.5, 0.6) is 0 Å². The molecule has 0 amide bonds. The molecule has 0 spiro atoms. The molecule has 0 unspecified atom stereocenters. The number of anilines is 1. The summed E-state index contributed by atoms with van der Waals surface area (Å²) in [5.74, 6) is -0.887. The van der Waals surface area contributed by atoms with Crippen LogP contribution in [0.3, 0.4) is 0 Å². The minimum atomic E-state index is -2.82. The van der Waals surface area contributed by atoms with Crippen LogP contribution >= 0.6 is 0 Å². The molecule has 0 aliphatic carbocycles. The number of nitrogen functional groups attached to an aromatic ring is 1. The van der Waals surface area contributed by atoms with E-state index >= 15 is 0 Å². The van der Waals surface area contributed by atoms with Crippen molar-refractivity contribution in [2.45, 2.75) is 6.43 Å². The van der Waals surface area contributed by atoms with Crippen LogP contribution in [0.4, 0.5) is 18.9 Å². The summed E-state index contributed by atoms with van der Waals surface area (Å²) >= 11 is 0. The van der Waals surface area contributed by atoms with Crippen LogP contribution in [0.2, 0.25) is 0 Å². The summed E-state index contributed by atoms with van der Waals surface area (Å²) in [4.78, 5) is 0. The Balaban J connectivity index is 2.82. The SMILES string of the molecule is Nc1ccc2c(C(F)F)c(F)ccc2c1. The molecule has 0 heterocycles. The van der Waals surface area contributed by atoms with Gasteiger partial charge in [0.2, 0.25) is 0 Å². The second-order valence-electron chi connectivity index (χ2n) is 3.24. The van der Waals surface area contributed by atoms with Crippen molar-refractivity contribution in [3.63, 3.8) is 0 Å². The number of fused-ring (bicyclic) bond motifs is 1. The second-order valence-corrected chi connectivity index (χ2v) is 3.24. The Bertz CT molecular complexity index is 508. The van der Waals surface area contributed by atoms with E-state index in [0.29, 0.717) is 11.1 Å². The molecule has 78 valence electrons. The van der Waals surface area contributed by atoms with Crippen molar-refractivity contribution in [2.75, 3.05) is 5.73 Å². The van der Waals surface area contributed by atoms with Crippen LogP contribution in [-0.4, -0.2) is 0 Å². The van der Waals surface area contributed by atoms with Crippen LogP contribution in [0, 0.1) is 5.82 Å². The van der Waals surface area contributed by atoms with Gasteiger partial charge in [0.15, 0.2) is 0 Å². The molecular formula is C11H8F3N. The lowest BCUT2D eigenvalue weighted by atomic mass is 10.0. The molecule has 2 rings (SSSR count). The minimum Gasteiger partial charge on any atom is -0.399 e. The lowest BCUT2D eigenvalue weighted by Gasteiger charge is -2.07. The van der Waals surface area contributed by atoms with E-state index in [9.17, 15) is 13.2 Å². The van der Waals surface area contributed by atoms with E-state index in [-0.39, 0.29) is 5.39 Å². The smallest absolute Gasteiger partial charge is 0.267 e. The summed E-state index contributed by atoms with van der Waals surface area (Å²) in [5.41, 5.74) is 5.41. The van der Waals surface area contributed by atoms with Crippen LogP contribution in [0.15, 0.2) is 30.3 Å². The Hall–Kier alpha value is -1.71. The van der Waals surface area contributed by atoms with Crippen molar-refractivity contribution in [3.05, 3.63) is 41.7 Å². The Labute approximate surface area is 84.3 Å². The van der Waals surface area contributed by atoms with E-state index in [1.165, 1.54) is 18.2 Å². The van der Waals surface area contributed by atoms with Gasteiger partial charge < -0.3 is 5.73 Å². The second kappa shape index (κ2) is 3.46. The average Bonchev–Trinajstić information content (AvgIpc) is 2.17. The standard InChI is InChI=1S/C11H8F3N/c12-9-4-1-6-5-7(15)2-3-8(6)10(9)11(13)14/h1-5,11H,15H2. The van der Waals surface area contributed by atoms with Crippen molar-refractivity contribution in [1.82, 2.24) is 0 Å². The van der Waals surface area contributed by atoms with Crippen molar-refractivity contribution >= 4 is 16.5 Å². The first-order valence-corrected chi connectivity index (χ1v) is 4.35. The molecule has 2 aromatic carbocycles. The van der Waals surface area contributed by atoms with Crippen LogP contribution in [0.25, 0.3) is 10.8 Å². The van der Waals surface area contributed by atoms with Gasteiger partial charge in [-0.05, 0) is 29.0 Å². The highest BCUT2D eigenvalue weighted by atomic mass is 19.3. The molecule has 0 aromatic heterocycles. The molecule has 0 bridgehead atoms. The van der Waals surface area contributed by atoms with Gasteiger partial charge in [-0.3, -0.25) is 0 Å². The number of hydrogen-bond acceptors (Lipinski definition) is 1. The predicted molar refractivity (Wildman–Crippen MR) is 53.3 cm³/mol. The topological polar surface area (TPSA) is 26.0 Å². The third-order valence-electron chi connectivity index (χ3n) is 2.25. The van der Waals surface area contributed by atoms with Crippen LogP contribution in [0.1, 0.15) is 12.0 Å². The van der Waals surface area contributed by atoms with Gasteiger partial charge in [0, 0.05) is 5.69 Å². The summed E-state index contributed by atoms with van der Waals surface area (Å²) in [5, 5.41) is 0.728. The summed E-state index contributed by atoms with van der Waals surface area (Å²) in [7, 11) is 0. The van der Waals surface area contributed by atoms with Gasteiger partial charge in [-0.15, -0.1) is 0 Å². The van der Waals surface area contributed by atoms with Gasteiger partial charge in [0.1, 0.15) is 5.82 Å². The molecule has 0 saturated heterocycles. The largest absolute Gasteiger partial charge is 0.399 e. The molecule has 0 fully saturated rings. The van der Waals surface area contributed by atoms with E-state index in [1.54, 1.807) is 6.07 Å². The normalized spacial score (nSPS) is 11.2. The van der Waals surface area contributed by atoms with Gasteiger partial charge in [0.05, 0.1) is 5.56 Å². The fraction of sp³-hybridized carbons (Fsp3) is 0.0909. The summed E-state index contributed by atoms with van der Waals surface area (Å²) in [6.45, 7) is 0. The van der Waals surface area contributed by atoms with Crippen LogP contribution in [-0.2, 0) is 0 Å². The molecule has 4 heteroatoms. The number of halogens is 3. The quantitative estimate of drug-likeness (QED) is 0.718. The number of alkyl halides is 2. The van der Waals surface area contributed by atoms with E-state index in [4.69, 9.17) is 5.73 Å². The van der Waals surface area contributed by atoms with Gasteiger partial charge in [-0.1, -0.05) is 12.1 Å². The fourth-order valence-corrected chi connectivity index (χ4v) is 1.57. The minimum absolute atomic E-state index is 0.208. The van der Waals surface area contributed by atoms with E-state index in [1.807, 2.05) is 0 Å². The highest BCUT2D eigenvalue weighted by Crippen LogP contribution is 2.31. The maximum absolute atomic E-state index is 13.2. The number of nitrogens with two attached hydrogens (primary N) is 1. The highest BCUT2D eigenvalue weighted by Gasteiger charge is 2.16. The van der Waals surface area contributed by atoms with Gasteiger partial charge in [-0.2, -0.15) is 0 Å². The number of benzene rings is 2. The fourth-order valence-electron chi connectivity index (χ4n) is 1.57. The average molecular weight is 211 g/mol. The summed E-state index contributed by atoms with van der Waals surface area (Å²) < 4.78 is 38.3. The first kappa shape index (κ1) is 9.83. The summed E-state index contributed by atoms with van der Waals surface area (Å²) in [6.07, 6.45) is -2.82. The monoisotopic (exact) mass is 211 g/mol. The molecule has 0 aliphatic rings. The number of hydrogen-bond donors (Lipinski definition) is 1. The lowest BCUT2D eigenvalue weighted by molar-refractivity contribution is 0.148. The first-order chi connectivity index (χ1) is 7.09. The van der Waals surface area contributed by atoms with E-state index in [2.05, 4.69) is 0 Å². The van der Waals surface area contributed by atoms with Gasteiger partial charge in [-0.25, -0.2) is 13.2 Å². The van der Waals surface area contributed by atoms with E-state index < -0.39 is 17.8 Å². The van der Waals surface area contributed by atoms with Crippen molar-refractivity contribution in [3.8, 4) is 0 Å². The zero-order chi connectivity index (χ0) is 11.0. The Morgan fingerprint density at radius 1 is 1.07 bits per heavy atom. The van der Waals surface area contributed by atoms with Gasteiger partial charge in [0.25, 0.3) is 6.43 Å². The number of rotatable bonds is 1. The molecule has 15 heavy (non-hydrogen) atoms. The zero-order valence-corrected chi connectivity index (χ0v) is 7.68. The third-order valence-corrected chi connectivity index (χ3v) is 2.25. The molecule has 0 atom stereocenters. The zero-order valence-electron chi connectivity index (χ0n) is 7.68. The molecule has 0 aliphatic heterocycles. The molecule has 2 N–H and O–H groups in total. The van der Waals surface area contributed by atoms with Gasteiger partial charge >= 0.3 is 0 Å². The molecular weight excluding hydrogens is 203 g/mol. The Morgan fingerprint density at radius 2 is 1.80 bits per heavy atom. The molecule has 0 radical (unpaired) electrons. The molecule has 2 aromatic rings. The first-order valence-electron chi connectivity index (χ1n) is 4.35. The lowest BCUT2D eigenvalue weighted by Crippen LogP contribution is -1.93. The van der Waals surface area contributed by atoms with E-state index in [0.717, 1.165) is 6.07 Å². The van der Waals surface area contributed by atoms with Crippen molar-refractivity contribution < 1.29 is 13.2 Å². The van der Waals surface area contributed by atoms with Crippen molar-refractivity contribution in [1.29, 1.82) is 0 Å². The third kappa shape index (κ3) is 1.63. The Kier molecular flexibility index (Phi) is 2.26. The predicted octanol–water partition coefficient (Wildman–Crippen LogP) is 3.50. The molecule has 1 nitrogen and oxygen atoms in total. The molecule has 0 saturated carbocycles.